The van der Waals surface area contributed by atoms with Gasteiger partial charge in [-0.25, -0.2) is 9.97 Å². The molecule has 8 heteroatoms. The highest BCUT2D eigenvalue weighted by atomic mass is 32.1. The Balaban J connectivity index is 1.43. The highest BCUT2D eigenvalue weighted by Crippen LogP contribution is 2.36. The van der Waals surface area contributed by atoms with E-state index in [1.165, 1.54) is 11.3 Å². The lowest BCUT2D eigenvalue weighted by atomic mass is 10.1. The molecule has 0 radical (unpaired) electrons. The zero-order valence-electron chi connectivity index (χ0n) is 19.1. The molecule has 0 bridgehead atoms. The van der Waals surface area contributed by atoms with E-state index in [4.69, 9.17) is 4.98 Å². The van der Waals surface area contributed by atoms with E-state index in [1.807, 2.05) is 66.2 Å². The smallest absolute Gasteiger partial charge is 0.264 e. The van der Waals surface area contributed by atoms with Crippen molar-refractivity contribution >= 4 is 49.9 Å². The highest BCUT2D eigenvalue weighted by molar-refractivity contribution is 7.22. The van der Waals surface area contributed by atoms with Crippen LogP contribution in [0.1, 0.15) is 22.3 Å². The van der Waals surface area contributed by atoms with Crippen molar-refractivity contribution in [1.29, 1.82) is 0 Å². The minimum Gasteiger partial charge on any atom is -0.337 e. The first-order chi connectivity index (χ1) is 17.1. The van der Waals surface area contributed by atoms with Crippen LogP contribution in [0.4, 0.5) is 16.5 Å². The largest absolute Gasteiger partial charge is 0.337 e. The summed E-state index contributed by atoms with van der Waals surface area (Å²) in [5.74, 6) is -0.349. The van der Waals surface area contributed by atoms with Crippen LogP contribution in [-0.2, 0) is 11.3 Å². The van der Waals surface area contributed by atoms with E-state index in [9.17, 15) is 9.59 Å². The topological polar surface area (TPSA) is 80.1 Å². The second-order valence-corrected chi connectivity index (χ2v) is 9.08. The van der Waals surface area contributed by atoms with Crippen LogP contribution >= 0.6 is 11.3 Å². The molecular formula is C27H23N5O2S. The quantitative estimate of drug-likeness (QED) is 0.318. The molecule has 35 heavy (non-hydrogen) atoms. The first-order valence-corrected chi connectivity index (χ1v) is 12.0. The fraction of sp³-hybridized carbons (Fsp3) is 0.111. The van der Waals surface area contributed by atoms with Gasteiger partial charge in [0.05, 0.1) is 22.2 Å². The van der Waals surface area contributed by atoms with Crippen molar-refractivity contribution in [1.82, 2.24) is 14.5 Å². The monoisotopic (exact) mass is 481 g/mol. The third-order valence-electron chi connectivity index (χ3n) is 5.58. The van der Waals surface area contributed by atoms with E-state index in [-0.39, 0.29) is 11.8 Å². The third-order valence-corrected chi connectivity index (χ3v) is 6.60. The van der Waals surface area contributed by atoms with Crippen LogP contribution in [0.15, 0.2) is 91.5 Å². The molecule has 2 heterocycles. The highest BCUT2D eigenvalue weighted by Gasteiger charge is 2.24. The maximum absolute atomic E-state index is 13.9. The van der Waals surface area contributed by atoms with Gasteiger partial charge in [0.2, 0.25) is 5.91 Å². The van der Waals surface area contributed by atoms with Crippen molar-refractivity contribution in [3.8, 4) is 0 Å². The fourth-order valence-electron chi connectivity index (χ4n) is 3.80. The summed E-state index contributed by atoms with van der Waals surface area (Å²) in [6, 6.07) is 22.6. The van der Waals surface area contributed by atoms with E-state index in [1.54, 1.807) is 41.7 Å². The Labute approximate surface area is 206 Å². The molecule has 174 valence electrons. The molecule has 0 saturated heterocycles. The van der Waals surface area contributed by atoms with Gasteiger partial charge in [-0.3, -0.25) is 14.5 Å². The van der Waals surface area contributed by atoms with Gasteiger partial charge in [0.15, 0.2) is 5.13 Å². The number of imidazole rings is 1. The molecular weight excluding hydrogens is 458 g/mol. The maximum atomic E-state index is 13.9. The van der Waals surface area contributed by atoms with Crippen LogP contribution in [0.25, 0.3) is 10.2 Å². The Morgan fingerprint density at radius 1 is 1.03 bits per heavy atom. The minimum atomic E-state index is -0.215. The number of carbonyl (C=O) groups is 2. The Kier molecular flexibility index (Phi) is 6.36. The molecule has 0 aliphatic carbocycles. The molecule has 7 nitrogen and oxygen atoms in total. The standard InChI is InChI=1S/C27H23N5O2S/c1-19-7-2-4-11-23(19)32(27-30-22-10-3-5-12-24(22)35-27)26(34)20-8-6-9-21(17-20)29-25(33)13-15-31-16-14-28-18-31/h2-12,14,16-18H,13,15H2,1H3,(H,29,33). The minimum absolute atomic E-state index is 0.134. The zero-order valence-corrected chi connectivity index (χ0v) is 19.9. The summed E-state index contributed by atoms with van der Waals surface area (Å²) >= 11 is 1.47. The number of nitrogens with zero attached hydrogens (tertiary/aromatic N) is 4. The van der Waals surface area contributed by atoms with Crippen LogP contribution in [-0.4, -0.2) is 26.3 Å². The molecule has 2 aromatic heterocycles. The first kappa shape index (κ1) is 22.5. The lowest BCUT2D eigenvalue weighted by Crippen LogP contribution is -2.26. The molecule has 0 aliphatic heterocycles. The lowest BCUT2D eigenvalue weighted by Gasteiger charge is -2.22. The predicted octanol–water partition coefficient (Wildman–Crippen LogP) is 5.81. The van der Waals surface area contributed by atoms with E-state index in [2.05, 4.69) is 10.3 Å². The van der Waals surface area contributed by atoms with E-state index >= 15 is 0 Å². The van der Waals surface area contributed by atoms with Gasteiger partial charge in [-0.2, -0.15) is 0 Å². The van der Waals surface area contributed by atoms with Gasteiger partial charge in [-0.15, -0.1) is 0 Å². The zero-order chi connectivity index (χ0) is 24.2. The van der Waals surface area contributed by atoms with Crippen LogP contribution in [0.2, 0.25) is 0 Å². The number of amides is 2. The van der Waals surface area contributed by atoms with Crippen molar-refractivity contribution in [3.05, 3.63) is 103 Å². The van der Waals surface area contributed by atoms with Crippen LogP contribution in [0.5, 0.6) is 0 Å². The second kappa shape index (κ2) is 9.90. The molecule has 0 spiro atoms. The number of hydrogen-bond donors (Lipinski definition) is 1. The molecule has 0 atom stereocenters. The number of anilines is 3. The molecule has 0 unspecified atom stereocenters. The number of hydrogen-bond acceptors (Lipinski definition) is 5. The average molecular weight is 482 g/mol. The number of thiazole rings is 1. The molecule has 1 N–H and O–H groups in total. The molecule has 3 aromatic carbocycles. The molecule has 5 aromatic rings. The Morgan fingerprint density at radius 2 is 1.86 bits per heavy atom. The maximum Gasteiger partial charge on any atom is 0.264 e. The summed E-state index contributed by atoms with van der Waals surface area (Å²) in [6.45, 7) is 2.50. The molecule has 0 saturated carbocycles. The van der Waals surface area contributed by atoms with Gasteiger partial charge < -0.3 is 9.88 Å². The number of fused-ring (bicyclic) bond motifs is 1. The summed E-state index contributed by atoms with van der Waals surface area (Å²) in [4.78, 5) is 36.7. The summed E-state index contributed by atoms with van der Waals surface area (Å²) in [7, 11) is 0. The summed E-state index contributed by atoms with van der Waals surface area (Å²) < 4.78 is 2.85. The van der Waals surface area contributed by atoms with Crippen LogP contribution in [0.3, 0.4) is 0 Å². The average Bonchev–Trinajstić information content (AvgIpc) is 3.54. The van der Waals surface area contributed by atoms with Gasteiger partial charge in [0, 0.05) is 36.6 Å². The number of para-hydroxylation sites is 2. The van der Waals surface area contributed by atoms with Crippen molar-refractivity contribution in [2.45, 2.75) is 19.9 Å². The Bertz CT molecular complexity index is 1460. The van der Waals surface area contributed by atoms with Gasteiger partial charge >= 0.3 is 0 Å². The number of rotatable bonds is 7. The van der Waals surface area contributed by atoms with Crippen LogP contribution in [0, 0.1) is 6.92 Å². The number of aryl methyl sites for hydroxylation is 2. The number of benzene rings is 3. The van der Waals surface area contributed by atoms with Crippen molar-refractivity contribution < 1.29 is 9.59 Å². The van der Waals surface area contributed by atoms with Gasteiger partial charge in [0.1, 0.15) is 0 Å². The molecule has 0 aliphatic rings. The van der Waals surface area contributed by atoms with E-state index < -0.39 is 0 Å². The summed E-state index contributed by atoms with van der Waals surface area (Å²) in [6.07, 6.45) is 5.47. The number of nitrogens with one attached hydrogen (secondary N) is 1. The molecule has 0 fully saturated rings. The third kappa shape index (κ3) is 4.97. The fourth-order valence-corrected chi connectivity index (χ4v) is 4.78. The summed E-state index contributed by atoms with van der Waals surface area (Å²) in [5, 5.41) is 3.49. The van der Waals surface area contributed by atoms with Crippen LogP contribution < -0.4 is 10.2 Å². The van der Waals surface area contributed by atoms with Gasteiger partial charge in [-0.1, -0.05) is 47.7 Å². The normalized spacial score (nSPS) is 10.9. The lowest BCUT2D eigenvalue weighted by molar-refractivity contribution is -0.116. The number of carbonyl (C=O) groups excluding carboxylic acids is 2. The van der Waals surface area contributed by atoms with Crippen molar-refractivity contribution in [2.24, 2.45) is 0 Å². The first-order valence-electron chi connectivity index (χ1n) is 11.2. The summed E-state index contributed by atoms with van der Waals surface area (Å²) in [5.41, 5.74) is 3.61. The SMILES string of the molecule is Cc1ccccc1N(C(=O)c1cccc(NC(=O)CCn2ccnc2)c1)c1nc2ccccc2s1. The Hall–Kier alpha value is -4.30. The van der Waals surface area contributed by atoms with E-state index in [0.29, 0.717) is 29.3 Å². The number of aromatic nitrogens is 3. The van der Waals surface area contributed by atoms with Gasteiger partial charge in [0.25, 0.3) is 5.91 Å². The molecule has 2 amide bonds. The second-order valence-electron chi connectivity index (χ2n) is 8.07. The van der Waals surface area contributed by atoms with E-state index in [0.717, 1.165) is 21.5 Å². The molecule has 5 rings (SSSR count). The van der Waals surface area contributed by atoms with Crippen molar-refractivity contribution in [3.63, 3.8) is 0 Å². The van der Waals surface area contributed by atoms with Crippen molar-refractivity contribution in [2.75, 3.05) is 10.2 Å². The predicted molar refractivity (Wildman–Crippen MR) is 139 cm³/mol. The van der Waals surface area contributed by atoms with Gasteiger partial charge in [-0.05, 0) is 48.9 Å². The Morgan fingerprint density at radius 3 is 2.66 bits per heavy atom.